The van der Waals surface area contributed by atoms with Crippen molar-refractivity contribution in [1.29, 1.82) is 0 Å². The van der Waals surface area contributed by atoms with E-state index in [0.717, 1.165) is 29.6 Å². The van der Waals surface area contributed by atoms with E-state index in [1.54, 1.807) is 11.3 Å². The minimum Gasteiger partial charge on any atom is -0.347 e. The molecule has 3 aromatic rings. The fraction of sp³-hybridized carbons (Fsp3) is 0.357. The van der Waals surface area contributed by atoms with E-state index in [4.69, 9.17) is 4.98 Å². The maximum atomic E-state index is 4.71. The molecule has 4 rings (SSSR count). The topological polar surface area (TPSA) is 46.8 Å². The molecule has 3 aromatic heterocycles. The quantitative estimate of drug-likeness (QED) is 0.725. The Morgan fingerprint density at radius 3 is 2.85 bits per heavy atom. The third-order valence-corrected chi connectivity index (χ3v) is 5.01. The molecule has 1 aliphatic heterocycles. The molecule has 1 saturated heterocycles. The highest BCUT2D eigenvalue weighted by Gasteiger charge is 2.31. The monoisotopic (exact) mass is 285 g/mol. The minimum absolute atomic E-state index is 0.530. The lowest BCUT2D eigenvalue weighted by Crippen LogP contribution is -2.45. The molecule has 0 N–H and O–H groups in total. The van der Waals surface area contributed by atoms with Crippen molar-refractivity contribution in [2.45, 2.75) is 12.8 Å². The number of hydrogen-bond donors (Lipinski definition) is 0. The normalized spacial score (nSPS) is 15.8. The molecule has 0 radical (unpaired) electrons. The first-order valence-corrected chi connectivity index (χ1v) is 7.50. The maximum Gasteiger partial charge on any atom is 0.188 e. The van der Waals surface area contributed by atoms with Crippen LogP contribution in [0.1, 0.15) is 17.3 Å². The van der Waals surface area contributed by atoms with Gasteiger partial charge in [-0.3, -0.25) is 4.98 Å². The summed E-state index contributed by atoms with van der Waals surface area (Å²) in [5.41, 5.74) is 3.24. The summed E-state index contributed by atoms with van der Waals surface area (Å²) in [7, 11) is 1.95. The van der Waals surface area contributed by atoms with Crippen molar-refractivity contribution in [2.75, 3.05) is 18.0 Å². The van der Waals surface area contributed by atoms with Crippen LogP contribution < -0.4 is 4.90 Å². The summed E-state index contributed by atoms with van der Waals surface area (Å²) >= 11 is 1.74. The summed E-state index contributed by atoms with van der Waals surface area (Å²) in [6, 6.07) is 6.12. The highest BCUT2D eigenvalue weighted by Crippen LogP contribution is 2.36. The number of rotatable bonds is 2. The molecule has 0 aromatic carbocycles. The lowest BCUT2D eigenvalue weighted by Gasteiger charge is -2.38. The Kier molecular flexibility index (Phi) is 2.53. The molecule has 0 saturated carbocycles. The number of thiazole rings is 1. The van der Waals surface area contributed by atoms with Gasteiger partial charge in [0, 0.05) is 37.9 Å². The number of hydrogen-bond acceptors (Lipinski definition) is 5. The van der Waals surface area contributed by atoms with E-state index in [1.165, 1.54) is 10.4 Å². The second-order valence-corrected chi connectivity index (χ2v) is 6.19. The summed E-state index contributed by atoms with van der Waals surface area (Å²) in [6.45, 7) is 4.05. The average molecular weight is 285 g/mol. The van der Waals surface area contributed by atoms with Crippen LogP contribution in [0.2, 0.25) is 0 Å². The Morgan fingerprint density at radius 1 is 1.30 bits per heavy atom. The van der Waals surface area contributed by atoms with Gasteiger partial charge in [0.1, 0.15) is 0 Å². The van der Waals surface area contributed by atoms with Gasteiger partial charge in [-0.05, 0) is 19.1 Å². The van der Waals surface area contributed by atoms with Crippen LogP contribution in [0.15, 0.2) is 24.4 Å². The molecular weight excluding hydrogens is 270 g/mol. The number of nitrogens with zero attached hydrogens (tertiary/aromatic N) is 5. The largest absolute Gasteiger partial charge is 0.347 e. The minimum atomic E-state index is 0.530. The fourth-order valence-electron chi connectivity index (χ4n) is 2.65. The van der Waals surface area contributed by atoms with Gasteiger partial charge < -0.3 is 4.90 Å². The van der Waals surface area contributed by atoms with Crippen LogP contribution in [0.4, 0.5) is 5.13 Å². The molecule has 0 spiro atoms. The van der Waals surface area contributed by atoms with Crippen LogP contribution in [0.5, 0.6) is 0 Å². The van der Waals surface area contributed by atoms with E-state index in [1.807, 2.05) is 30.9 Å². The smallest absolute Gasteiger partial charge is 0.188 e. The van der Waals surface area contributed by atoms with Gasteiger partial charge in [0.05, 0.1) is 10.4 Å². The van der Waals surface area contributed by atoms with Crippen molar-refractivity contribution in [2.24, 2.45) is 7.05 Å². The van der Waals surface area contributed by atoms with E-state index in [0.29, 0.717) is 5.92 Å². The molecule has 0 amide bonds. The Morgan fingerprint density at radius 2 is 2.15 bits per heavy atom. The average Bonchev–Trinajstić information content (AvgIpc) is 2.92. The zero-order valence-electron chi connectivity index (χ0n) is 11.4. The van der Waals surface area contributed by atoms with Crippen molar-refractivity contribution in [3.63, 3.8) is 0 Å². The van der Waals surface area contributed by atoms with Gasteiger partial charge in [0.2, 0.25) is 0 Å². The predicted octanol–water partition coefficient (Wildman–Crippen LogP) is 2.34. The van der Waals surface area contributed by atoms with Gasteiger partial charge in [-0.2, -0.15) is 5.10 Å². The van der Waals surface area contributed by atoms with Crippen LogP contribution >= 0.6 is 11.3 Å². The molecular formula is C14H15N5S. The van der Waals surface area contributed by atoms with Gasteiger partial charge in [0.25, 0.3) is 0 Å². The van der Waals surface area contributed by atoms with Crippen LogP contribution in [-0.2, 0) is 7.05 Å². The molecule has 102 valence electrons. The lowest BCUT2D eigenvalue weighted by atomic mass is 9.96. The highest BCUT2D eigenvalue weighted by molar-refractivity contribution is 7.22. The third kappa shape index (κ3) is 1.71. The maximum absolute atomic E-state index is 4.71. The van der Waals surface area contributed by atoms with E-state index < -0.39 is 0 Å². The van der Waals surface area contributed by atoms with E-state index in [-0.39, 0.29) is 0 Å². The first kappa shape index (κ1) is 11.8. The van der Waals surface area contributed by atoms with Crippen molar-refractivity contribution in [3.05, 3.63) is 35.8 Å². The summed E-state index contributed by atoms with van der Waals surface area (Å²) in [4.78, 5) is 11.5. The summed E-state index contributed by atoms with van der Waals surface area (Å²) < 4.78 is 3.06. The van der Waals surface area contributed by atoms with Gasteiger partial charge >= 0.3 is 0 Å². The second-order valence-electron chi connectivity index (χ2n) is 5.21. The fourth-order valence-corrected chi connectivity index (χ4v) is 3.70. The van der Waals surface area contributed by atoms with Gasteiger partial charge in [-0.25, -0.2) is 9.67 Å². The number of fused-ring (bicyclic) bond motifs is 1. The number of pyridine rings is 1. The van der Waals surface area contributed by atoms with Gasteiger partial charge in [-0.15, -0.1) is 0 Å². The first-order chi connectivity index (χ1) is 9.72. The van der Waals surface area contributed by atoms with Crippen molar-refractivity contribution < 1.29 is 0 Å². The third-order valence-electron chi connectivity index (χ3n) is 3.79. The second kappa shape index (κ2) is 4.28. The number of aromatic nitrogens is 4. The molecule has 1 fully saturated rings. The summed E-state index contributed by atoms with van der Waals surface area (Å²) in [5, 5.41) is 5.49. The van der Waals surface area contributed by atoms with E-state index in [2.05, 4.69) is 27.1 Å². The molecule has 20 heavy (non-hydrogen) atoms. The van der Waals surface area contributed by atoms with Crippen molar-refractivity contribution >= 4 is 26.8 Å². The molecule has 0 aliphatic carbocycles. The first-order valence-electron chi connectivity index (χ1n) is 6.68. The molecule has 5 nitrogen and oxygen atoms in total. The molecule has 0 atom stereocenters. The molecule has 0 bridgehead atoms. The van der Waals surface area contributed by atoms with Crippen LogP contribution in [-0.4, -0.2) is 32.8 Å². The molecule has 6 heteroatoms. The standard InChI is InChI=1S/C14H15N5S/c1-9-12-13(18(2)17-9)16-14(20-12)19-7-10(8-19)11-5-3-4-6-15-11/h3-6,10H,7-8H2,1-2H3. The number of anilines is 1. The predicted molar refractivity (Wildman–Crippen MR) is 80.3 cm³/mol. The van der Waals surface area contributed by atoms with Crippen LogP contribution in [0.3, 0.4) is 0 Å². The van der Waals surface area contributed by atoms with Gasteiger partial charge in [-0.1, -0.05) is 17.4 Å². The van der Waals surface area contributed by atoms with E-state index >= 15 is 0 Å². The Labute approximate surface area is 120 Å². The SMILES string of the molecule is Cc1nn(C)c2nc(N3CC(c4ccccn4)C3)sc12. The zero-order chi connectivity index (χ0) is 13.7. The Balaban J connectivity index is 1.56. The lowest BCUT2D eigenvalue weighted by molar-refractivity contribution is 0.513. The zero-order valence-corrected chi connectivity index (χ0v) is 12.3. The molecule has 4 heterocycles. The summed E-state index contributed by atoms with van der Waals surface area (Å²) in [5.74, 6) is 0.530. The van der Waals surface area contributed by atoms with Crippen molar-refractivity contribution in [3.8, 4) is 0 Å². The van der Waals surface area contributed by atoms with Crippen LogP contribution in [0, 0.1) is 6.92 Å². The number of aryl methyl sites for hydroxylation is 2. The summed E-state index contributed by atoms with van der Waals surface area (Å²) in [6.07, 6.45) is 1.87. The van der Waals surface area contributed by atoms with Crippen LogP contribution in [0.25, 0.3) is 10.3 Å². The Bertz CT molecular complexity index is 720. The van der Waals surface area contributed by atoms with Gasteiger partial charge in [0.15, 0.2) is 10.8 Å². The molecule has 0 unspecified atom stereocenters. The van der Waals surface area contributed by atoms with E-state index in [9.17, 15) is 0 Å². The van der Waals surface area contributed by atoms with Crippen molar-refractivity contribution in [1.82, 2.24) is 19.7 Å². The highest BCUT2D eigenvalue weighted by atomic mass is 32.1. The molecule has 1 aliphatic rings. The Hall–Kier alpha value is -1.95.